The molecule has 0 atom stereocenters. The van der Waals surface area contributed by atoms with E-state index in [-0.39, 0.29) is 79.6 Å². The van der Waals surface area contributed by atoms with E-state index in [4.69, 9.17) is 27.9 Å². The fourth-order valence-corrected chi connectivity index (χ4v) is 5.48. The van der Waals surface area contributed by atoms with Gasteiger partial charge in [0.1, 0.15) is 11.4 Å². The van der Waals surface area contributed by atoms with Crippen molar-refractivity contribution in [3.8, 4) is 34.6 Å². The third kappa shape index (κ3) is 9.77. The number of aromatic nitrogens is 4. The van der Waals surface area contributed by atoms with Crippen LogP contribution in [-0.2, 0) is 28.5 Å². The molecule has 6 rings (SSSR count). The molecule has 58 heavy (non-hydrogen) atoms. The van der Waals surface area contributed by atoms with Gasteiger partial charge in [-0.05, 0) is 37.6 Å². The number of aryl methyl sites for hydroxylation is 1. The van der Waals surface area contributed by atoms with Gasteiger partial charge < -0.3 is 25.2 Å². The van der Waals surface area contributed by atoms with Crippen LogP contribution < -0.4 is 0 Å². The van der Waals surface area contributed by atoms with Crippen LogP contribution in [0.1, 0.15) is 41.2 Å². The van der Waals surface area contributed by atoms with Crippen LogP contribution in [0.25, 0.3) is 11.4 Å². The summed E-state index contributed by atoms with van der Waals surface area (Å²) in [5.41, 5.74) is 0.757. The van der Waals surface area contributed by atoms with Crippen molar-refractivity contribution < 1.29 is 57.2 Å². The molecule has 0 amide bonds. The molecule has 4 aromatic carbocycles. The van der Waals surface area contributed by atoms with Gasteiger partial charge in [-0.2, -0.15) is 14.9 Å². The summed E-state index contributed by atoms with van der Waals surface area (Å²) in [6.07, 6.45) is 2.87. The molecule has 6 aromatic rings. The van der Waals surface area contributed by atoms with E-state index in [1.54, 1.807) is 49.4 Å². The summed E-state index contributed by atoms with van der Waals surface area (Å²) in [5, 5.41) is 71.2. The van der Waals surface area contributed by atoms with Gasteiger partial charge in [0.25, 0.3) is 11.4 Å². The molecule has 298 valence electrons. The number of phenols is 2. The number of nitrogens with zero attached hydrogens (tertiary/aromatic N) is 8. The standard InChI is InChI=1S/C19H15ClN4O6.C18H15ClN4O4.Cr/c1-2-30-19(27)16-13(18(26)23(22-16)11-6-4-3-5-7-11)10-21-15-9-12(24(28)29)8-14(20)17(15)25;1-2-15-13(18(25)22(21-15)11-6-4-3-5-7-11)10-20-16-9-12(23(26)27)8-14(19)17(16)24;/h3-10,25-26H,2H2,1H3;3-10,24-25H,2H2,1H3;. The minimum absolute atomic E-state index is 0. The van der Waals surface area contributed by atoms with Crippen LogP contribution in [0.3, 0.4) is 0 Å². The number of non-ortho nitro benzene ring substituents is 2. The summed E-state index contributed by atoms with van der Waals surface area (Å²) in [6, 6.07) is 21.7. The van der Waals surface area contributed by atoms with E-state index in [1.165, 1.54) is 10.9 Å². The van der Waals surface area contributed by atoms with E-state index >= 15 is 0 Å². The number of hydrogen-bond acceptors (Lipinski definition) is 14. The number of halogens is 2. The molecule has 2 aromatic heterocycles. The van der Waals surface area contributed by atoms with Gasteiger partial charge in [0.2, 0.25) is 11.8 Å². The quantitative estimate of drug-likeness (QED) is 0.0419. The summed E-state index contributed by atoms with van der Waals surface area (Å²) in [4.78, 5) is 41.0. The number of nitro groups is 2. The van der Waals surface area contributed by atoms with Crippen molar-refractivity contribution in [1.82, 2.24) is 19.6 Å². The van der Waals surface area contributed by atoms with E-state index in [9.17, 15) is 45.4 Å². The number of para-hydroxylation sites is 2. The third-order valence-electron chi connectivity index (χ3n) is 7.82. The average molecular weight is 870 g/mol. The smallest absolute Gasteiger partial charge is 0.359 e. The van der Waals surface area contributed by atoms with Gasteiger partial charge in [-0.25, -0.2) is 9.48 Å². The summed E-state index contributed by atoms with van der Waals surface area (Å²) >= 11 is 11.6. The molecule has 0 radical (unpaired) electrons. The zero-order chi connectivity index (χ0) is 41.4. The van der Waals surface area contributed by atoms with Gasteiger partial charge in [0.15, 0.2) is 17.2 Å². The number of phenolic OH excluding ortho intramolecular Hbond substituents is 2. The van der Waals surface area contributed by atoms with Crippen LogP contribution in [0, 0.1) is 20.2 Å². The molecule has 0 bridgehead atoms. The second-order valence-electron chi connectivity index (χ2n) is 11.5. The van der Waals surface area contributed by atoms with Crippen molar-refractivity contribution in [2.24, 2.45) is 9.98 Å². The molecule has 0 unspecified atom stereocenters. The first-order valence-electron chi connectivity index (χ1n) is 16.6. The Morgan fingerprint density at radius 3 is 1.60 bits per heavy atom. The van der Waals surface area contributed by atoms with Crippen molar-refractivity contribution in [3.63, 3.8) is 0 Å². The van der Waals surface area contributed by atoms with Crippen LogP contribution >= 0.6 is 23.2 Å². The number of nitro benzene ring substituents is 2. The van der Waals surface area contributed by atoms with Crippen molar-refractivity contribution in [1.29, 1.82) is 0 Å². The van der Waals surface area contributed by atoms with Gasteiger partial charge in [-0.15, -0.1) is 0 Å². The van der Waals surface area contributed by atoms with Gasteiger partial charge >= 0.3 is 5.97 Å². The van der Waals surface area contributed by atoms with Crippen molar-refractivity contribution in [3.05, 3.63) is 138 Å². The molecular formula is C37H30Cl2CrN8O10. The van der Waals surface area contributed by atoms with Crippen molar-refractivity contribution in [2.45, 2.75) is 20.3 Å². The van der Waals surface area contributed by atoms with E-state index in [2.05, 4.69) is 20.2 Å². The van der Waals surface area contributed by atoms with Crippen LogP contribution in [0.4, 0.5) is 22.7 Å². The second-order valence-corrected chi connectivity index (χ2v) is 12.3. The number of aliphatic imine (C=N–C) groups is 2. The molecule has 2 heterocycles. The molecule has 0 saturated heterocycles. The Balaban J connectivity index is 0.000000254. The maximum atomic E-state index is 12.3. The number of carbonyl (C=O) groups excluding carboxylic acids is 1. The third-order valence-corrected chi connectivity index (χ3v) is 8.39. The number of ether oxygens (including phenoxy) is 1. The molecule has 0 spiro atoms. The van der Waals surface area contributed by atoms with Crippen LogP contribution in [-0.4, -0.2) is 74.8 Å². The van der Waals surface area contributed by atoms with Gasteiger partial charge in [-0.3, -0.25) is 30.2 Å². The molecule has 21 heteroatoms. The average Bonchev–Trinajstić information content (AvgIpc) is 3.71. The Hall–Kier alpha value is -6.78. The Morgan fingerprint density at radius 1 is 0.741 bits per heavy atom. The first kappa shape index (κ1) is 43.9. The summed E-state index contributed by atoms with van der Waals surface area (Å²) in [7, 11) is 0. The molecular weight excluding hydrogens is 839 g/mol. The number of hydrogen-bond donors (Lipinski definition) is 4. The fourth-order valence-electron chi connectivity index (χ4n) is 5.06. The maximum Gasteiger partial charge on any atom is 0.359 e. The first-order chi connectivity index (χ1) is 27.2. The molecule has 0 fully saturated rings. The summed E-state index contributed by atoms with van der Waals surface area (Å²) in [6.45, 7) is 3.56. The molecule has 18 nitrogen and oxygen atoms in total. The number of rotatable bonds is 11. The number of aromatic hydroxyl groups is 4. The van der Waals surface area contributed by atoms with Gasteiger partial charge in [0.05, 0.1) is 54.7 Å². The second kappa shape index (κ2) is 19.4. The minimum atomic E-state index is -0.801. The van der Waals surface area contributed by atoms with Crippen LogP contribution in [0.15, 0.2) is 94.9 Å². The minimum Gasteiger partial charge on any atom is -0.504 e. The van der Waals surface area contributed by atoms with Crippen molar-refractivity contribution in [2.75, 3.05) is 6.61 Å². The zero-order valence-corrected chi connectivity index (χ0v) is 32.9. The van der Waals surface area contributed by atoms with E-state index < -0.39 is 27.4 Å². The molecule has 0 aliphatic rings. The Kier molecular flexibility index (Phi) is 14.7. The Bertz CT molecular complexity index is 2530. The Labute approximate surface area is 349 Å². The predicted octanol–water partition coefficient (Wildman–Crippen LogP) is 7.93. The Morgan fingerprint density at radius 2 is 1.17 bits per heavy atom. The van der Waals surface area contributed by atoms with E-state index in [0.717, 1.165) is 35.2 Å². The topological polar surface area (TPSA) is 254 Å². The predicted molar refractivity (Wildman–Crippen MR) is 210 cm³/mol. The van der Waals surface area contributed by atoms with Crippen LogP contribution in [0.5, 0.6) is 23.3 Å². The number of benzene rings is 4. The summed E-state index contributed by atoms with van der Waals surface area (Å²) < 4.78 is 7.47. The van der Waals surface area contributed by atoms with Gasteiger partial charge in [-0.1, -0.05) is 66.5 Å². The normalized spacial score (nSPS) is 10.9. The van der Waals surface area contributed by atoms with E-state index in [1.807, 2.05) is 25.1 Å². The molecule has 0 aliphatic carbocycles. The summed E-state index contributed by atoms with van der Waals surface area (Å²) in [5.74, 6) is -2.22. The monoisotopic (exact) mass is 868 g/mol. The SMILES string of the molecule is CCOC(=O)c1nn(-c2ccccc2)c(O)c1C=Nc1cc([N+](=O)[O-])cc(Cl)c1O.CCc1nn(-c2ccccc2)c(O)c1C=Nc1cc([N+](=O)[O-])cc(Cl)c1O.[Cr]. The van der Waals surface area contributed by atoms with Crippen LogP contribution in [0.2, 0.25) is 10.0 Å². The van der Waals surface area contributed by atoms with Crippen molar-refractivity contribution >= 4 is 64.3 Å². The molecule has 4 N–H and O–H groups in total. The fraction of sp³-hybridized carbons (Fsp3) is 0.108. The molecule has 0 saturated carbocycles. The van der Waals surface area contributed by atoms with Gasteiger partial charge in [0, 0.05) is 54.1 Å². The first-order valence-corrected chi connectivity index (χ1v) is 17.3. The van der Waals surface area contributed by atoms with E-state index in [0.29, 0.717) is 29.1 Å². The zero-order valence-electron chi connectivity index (χ0n) is 30.1. The molecule has 0 aliphatic heterocycles. The number of esters is 1. The number of carbonyl (C=O) groups is 1. The maximum absolute atomic E-state index is 12.3. The largest absolute Gasteiger partial charge is 0.504 e.